The summed E-state index contributed by atoms with van der Waals surface area (Å²) >= 11 is 0. The molecule has 0 radical (unpaired) electrons. The Labute approximate surface area is 96.2 Å². The lowest BCUT2D eigenvalue weighted by atomic mass is 10.0. The number of rotatable bonds is 1. The molecule has 0 atom stereocenters. The van der Waals surface area contributed by atoms with Crippen LogP contribution in [-0.4, -0.2) is 25.7 Å². The molecule has 0 saturated carbocycles. The normalized spacial score (nSPS) is 20.7. The van der Waals surface area contributed by atoms with Crippen LogP contribution in [0.3, 0.4) is 0 Å². The molecular weight excluding hydrogens is 200 g/mol. The van der Waals surface area contributed by atoms with Gasteiger partial charge in [-0.25, -0.2) is 0 Å². The standard InChI is InChI=1S/C13H18N2O/c14-11-3-6-15(7-4-11)12-1-2-13-10(9-12)5-8-16-13/h1-2,9,11H,3-8,14H2. The fourth-order valence-electron chi connectivity index (χ4n) is 2.53. The second-order valence-corrected chi connectivity index (χ2v) is 4.71. The van der Waals surface area contributed by atoms with Gasteiger partial charge in [-0.2, -0.15) is 0 Å². The van der Waals surface area contributed by atoms with E-state index in [9.17, 15) is 0 Å². The molecule has 3 nitrogen and oxygen atoms in total. The van der Waals surface area contributed by atoms with Crippen molar-refractivity contribution in [3.63, 3.8) is 0 Å². The number of piperidine rings is 1. The van der Waals surface area contributed by atoms with Gasteiger partial charge >= 0.3 is 0 Å². The first-order valence-electron chi connectivity index (χ1n) is 6.09. The van der Waals surface area contributed by atoms with Gasteiger partial charge in [-0.1, -0.05) is 0 Å². The Balaban J connectivity index is 1.79. The van der Waals surface area contributed by atoms with Crippen LogP contribution in [0.15, 0.2) is 18.2 Å². The van der Waals surface area contributed by atoms with Gasteiger partial charge in [0.2, 0.25) is 0 Å². The molecule has 0 aromatic heterocycles. The van der Waals surface area contributed by atoms with Gasteiger partial charge in [0.05, 0.1) is 6.61 Å². The van der Waals surface area contributed by atoms with Crippen LogP contribution < -0.4 is 15.4 Å². The zero-order chi connectivity index (χ0) is 11.0. The summed E-state index contributed by atoms with van der Waals surface area (Å²) in [6.45, 7) is 3.01. The van der Waals surface area contributed by atoms with Crippen molar-refractivity contribution >= 4 is 5.69 Å². The molecular formula is C13H18N2O. The van der Waals surface area contributed by atoms with Crippen LogP contribution in [0.25, 0.3) is 0 Å². The van der Waals surface area contributed by atoms with E-state index in [-0.39, 0.29) is 0 Å². The highest BCUT2D eigenvalue weighted by atomic mass is 16.5. The molecule has 3 heteroatoms. The maximum atomic E-state index is 5.92. The molecule has 0 spiro atoms. The Morgan fingerprint density at radius 3 is 2.88 bits per heavy atom. The van der Waals surface area contributed by atoms with E-state index < -0.39 is 0 Å². The van der Waals surface area contributed by atoms with Crippen molar-refractivity contribution in [1.82, 2.24) is 0 Å². The van der Waals surface area contributed by atoms with Crippen LogP contribution in [0, 0.1) is 0 Å². The van der Waals surface area contributed by atoms with Crippen molar-refractivity contribution < 1.29 is 4.74 Å². The third-order valence-corrected chi connectivity index (χ3v) is 3.58. The molecule has 0 unspecified atom stereocenters. The predicted molar refractivity (Wildman–Crippen MR) is 65.1 cm³/mol. The zero-order valence-electron chi connectivity index (χ0n) is 9.48. The summed E-state index contributed by atoms with van der Waals surface area (Å²) in [5.41, 5.74) is 8.60. The Morgan fingerprint density at radius 2 is 2.06 bits per heavy atom. The van der Waals surface area contributed by atoms with Crippen LogP contribution in [0.5, 0.6) is 5.75 Å². The van der Waals surface area contributed by atoms with Crippen LogP contribution in [0.2, 0.25) is 0 Å². The molecule has 2 aliphatic heterocycles. The average Bonchev–Trinajstić information content (AvgIpc) is 2.77. The monoisotopic (exact) mass is 218 g/mol. The van der Waals surface area contributed by atoms with E-state index >= 15 is 0 Å². The van der Waals surface area contributed by atoms with Gasteiger partial charge in [-0.3, -0.25) is 0 Å². The second-order valence-electron chi connectivity index (χ2n) is 4.71. The summed E-state index contributed by atoms with van der Waals surface area (Å²) in [6, 6.07) is 6.95. The third-order valence-electron chi connectivity index (χ3n) is 3.58. The molecule has 3 rings (SSSR count). The van der Waals surface area contributed by atoms with Gasteiger partial charge in [0, 0.05) is 31.2 Å². The average molecular weight is 218 g/mol. The van der Waals surface area contributed by atoms with Crippen molar-refractivity contribution in [2.75, 3.05) is 24.6 Å². The van der Waals surface area contributed by atoms with Gasteiger partial charge in [-0.05, 0) is 36.6 Å². The highest BCUT2D eigenvalue weighted by Crippen LogP contribution is 2.30. The summed E-state index contributed by atoms with van der Waals surface area (Å²) in [6.07, 6.45) is 3.26. The SMILES string of the molecule is NC1CCN(c2ccc3c(c2)CCO3)CC1. The summed E-state index contributed by atoms with van der Waals surface area (Å²) in [4.78, 5) is 2.43. The van der Waals surface area contributed by atoms with E-state index in [4.69, 9.17) is 10.5 Å². The van der Waals surface area contributed by atoms with E-state index in [1.165, 1.54) is 11.3 Å². The predicted octanol–water partition coefficient (Wildman–Crippen LogP) is 1.55. The quantitative estimate of drug-likeness (QED) is 0.777. The number of nitrogens with zero attached hydrogens (tertiary/aromatic N) is 1. The van der Waals surface area contributed by atoms with Crippen molar-refractivity contribution in [3.8, 4) is 5.75 Å². The largest absolute Gasteiger partial charge is 0.493 e. The number of ether oxygens (including phenoxy) is 1. The van der Waals surface area contributed by atoms with Crippen LogP contribution in [0.1, 0.15) is 18.4 Å². The topological polar surface area (TPSA) is 38.5 Å². The zero-order valence-corrected chi connectivity index (χ0v) is 9.48. The Kier molecular flexibility index (Phi) is 2.48. The maximum Gasteiger partial charge on any atom is 0.122 e. The molecule has 1 aromatic rings. The lowest BCUT2D eigenvalue weighted by molar-refractivity contribution is 0.357. The van der Waals surface area contributed by atoms with E-state index in [1.54, 1.807) is 0 Å². The number of fused-ring (bicyclic) bond motifs is 1. The molecule has 1 saturated heterocycles. The minimum absolute atomic E-state index is 0.397. The lowest BCUT2D eigenvalue weighted by Crippen LogP contribution is -2.39. The number of anilines is 1. The molecule has 1 aromatic carbocycles. The summed E-state index contributed by atoms with van der Waals surface area (Å²) < 4.78 is 5.52. The first kappa shape index (κ1) is 9.97. The number of hydrogen-bond donors (Lipinski definition) is 1. The van der Waals surface area contributed by atoms with Crippen LogP contribution in [0.4, 0.5) is 5.69 Å². The lowest BCUT2D eigenvalue weighted by Gasteiger charge is -2.32. The molecule has 2 aliphatic rings. The third kappa shape index (κ3) is 1.76. The van der Waals surface area contributed by atoms with Gasteiger partial charge in [0.1, 0.15) is 5.75 Å². The molecule has 0 amide bonds. The van der Waals surface area contributed by atoms with E-state index in [2.05, 4.69) is 23.1 Å². The molecule has 2 N–H and O–H groups in total. The second kappa shape index (κ2) is 3.98. The smallest absolute Gasteiger partial charge is 0.122 e. The number of nitrogens with two attached hydrogens (primary N) is 1. The van der Waals surface area contributed by atoms with Crippen molar-refractivity contribution in [3.05, 3.63) is 23.8 Å². The molecule has 0 aliphatic carbocycles. The van der Waals surface area contributed by atoms with Crippen molar-refractivity contribution in [2.45, 2.75) is 25.3 Å². The maximum absolute atomic E-state index is 5.92. The molecule has 16 heavy (non-hydrogen) atoms. The highest BCUT2D eigenvalue weighted by molar-refractivity contribution is 5.54. The fraction of sp³-hybridized carbons (Fsp3) is 0.538. The van der Waals surface area contributed by atoms with E-state index in [0.29, 0.717) is 6.04 Å². The van der Waals surface area contributed by atoms with Crippen molar-refractivity contribution in [2.24, 2.45) is 5.73 Å². The first-order valence-corrected chi connectivity index (χ1v) is 6.09. The van der Waals surface area contributed by atoms with Gasteiger partial charge < -0.3 is 15.4 Å². The van der Waals surface area contributed by atoms with E-state index in [1.807, 2.05) is 0 Å². The molecule has 2 heterocycles. The summed E-state index contributed by atoms with van der Waals surface area (Å²) in [5.74, 6) is 1.07. The van der Waals surface area contributed by atoms with Gasteiger partial charge in [0.25, 0.3) is 0 Å². The first-order chi connectivity index (χ1) is 7.83. The van der Waals surface area contributed by atoms with E-state index in [0.717, 1.165) is 44.7 Å². The fourth-order valence-corrected chi connectivity index (χ4v) is 2.53. The minimum Gasteiger partial charge on any atom is -0.493 e. The summed E-state index contributed by atoms with van der Waals surface area (Å²) in [7, 11) is 0. The molecule has 86 valence electrons. The summed E-state index contributed by atoms with van der Waals surface area (Å²) in [5, 5.41) is 0. The minimum atomic E-state index is 0.397. The van der Waals surface area contributed by atoms with Gasteiger partial charge in [0.15, 0.2) is 0 Å². The number of hydrogen-bond acceptors (Lipinski definition) is 3. The number of benzene rings is 1. The van der Waals surface area contributed by atoms with Gasteiger partial charge in [-0.15, -0.1) is 0 Å². The Hall–Kier alpha value is -1.22. The molecule has 0 bridgehead atoms. The Morgan fingerprint density at radius 1 is 1.25 bits per heavy atom. The highest BCUT2D eigenvalue weighted by Gasteiger charge is 2.18. The van der Waals surface area contributed by atoms with Crippen molar-refractivity contribution in [1.29, 1.82) is 0 Å². The van der Waals surface area contributed by atoms with Crippen LogP contribution >= 0.6 is 0 Å². The van der Waals surface area contributed by atoms with Crippen LogP contribution in [-0.2, 0) is 6.42 Å². The molecule has 1 fully saturated rings. The Bertz CT molecular complexity index is 384.